The predicted octanol–water partition coefficient (Wildman–Crippen LogP) is 2.60. The molecular weight excluding hydrogens is 344 g/mol. The molecule has 1 amide bonds. The zero-order valence-corrected chi connectivity index (χ0v) is 15.0. The number of halogens is 1. The third-order valence-corrected chi connectivity index (χ3v) is 5.26. The van der Waals surface area contributed by atoms with E-state index in [9.17, 15) is 4.79 Å². The molecule has 2 aromatic rings. The smallest absolute Gasteiger partial charge is 0.273 e. The van der Waals surface area contributed by atoms with Crippen molar-refractivity contribution in [2.75, 3.05) is 26.2 Å². The predicted molar refractivity (Wildman–Crippen MR) is 97.3 cm³/mol. The zero-order valence-electron chi connectivity index (χ0n) is 13.4. The van der Waals surface area contributed by atoms with Crippen molar-refractivity contribution < 1.29 is 4.79 Å². The highest BCUT2D eigenvalue weighted by Crippen LogP contribution is 2.15. The molecule has 2 N–H and O–H groups in total. The molecule has 0 bridgehead atoms. The Bertz CT molecular complexity index is 688. The highest BCUT2D eigenvalue weighted by molar-refractivity contribution is 7.09. The van der Waals surface area contributed by atoms with Crippen molar-refractivity contribution in [1.82, 2.24) is 14.8 Å². The molecule has 1 aromatic heterocycles. The standard InChI is InChI=1S/C17H21ClN4OS/c18-14-4-2-13(3-5-14)11-21-6-1-7-22(9-8-21)17(23)15-12-24-16(10-19)20-15/h2-5,12H,1,6-11,19H2. The largest absolute Gasteiger partial charge is 0.336 e. The number of nitrogens with zero attached hydrogens (tertiary/aromatic N) is 3. The highest BCUT2D eigenvalue weighted by atomic mass is 35.5. The van der Waals surface area contributed by atoms with Gasteiger partial charge in [0.15, 0.2) is 0 Å². The first-order valence-corrected chi connectivity index (χ1v) is 9.32. The molecule has 128 valence electrons. The van der Waals surface area contributed by atoms with Crippen LogP contribution in [0.15, 0.2) is 29.6 Å². The molecule has 24 heavy (non-hydrogen) atoms. The monoisotopic (exact) mass is 364 g/mol. The maximum absolute atomic E-state index is 12.6. The molecule has 1 aliphatic heterocycles. The minimum absolute atomic E-state index is 0.0132. The van der Waals surface area contributed by atoms with E-state index in [2.05, 4.69) is 22.0 Å². The molecule has 1 fully saturated rings. The van der Waals surface area contributed by atoms with E-state index in [-0.39, 0.29) is 5.91 Å². The van der Waals surface area contributed by atoms with Crippen LogP contribution < -0.4 is 5.73 Å². The fourth-order valence-corrected chi connectivity index (χ4v) is 3.62. The Morgan fingerprint density at radius 3 is 2.71 bits per heavy atom. The minimum Gasteiger partial charge on any atom is -0.336 e. The van der Waals surface area contributed by atoms with E-state index in [0.717, 1.165) is 49.2 Å². The topological polar surface area (TPSA) is 62.5 Å². The molecule has 0 atom stereocenters. The fourth-order valence-electron chi connectivity index (χ4n) is 2.85. The number of aromatic nitrogens is 1. The molecule has 0 radical (unpaired) electrons. The van der Waals surface area contributed by atoms with Gasteiger partial charge in [-0.1, -0.05) is 23.7 Å². The Balaban J connectivity index is 1.58. The SMILES string of the molecule is NCc1nc(C(=O)N2CCCN(Cc3ccc(Cl)cc3)CC2)cs1. The maximum atomic E-state index is 12.6. The van der Waals surface area contributed by atoms with Crippen molar-refractivity contribution in [2.45, 2.75) is 19.5 Å². The van der Waals surface area contributed by atoms with E-state index in [1.807, 2.05) is 17.0 Å². The quantitative estimate of drug-likeness (QED) is 0.905. The summed E-state index contributed by atoms with van der Waals surface area (Å²) >= 11 is 7.38. The fraction of sp³-hybridized carbons (Fsp3) is 0.412. The summed E-state index contributed by atoms with van der Waals surface area (Å²) in [5.41, 5.74) is 7.34. The first-order chi connectivity index (χ1) is 11.7. The van der Waals surface area contributed by atoms with Gasteiger partial charge in [-0.2, -0.15) is 0 Å². The van der Waals surface area contributed by atoms with Crippen molar-refractivity contribution in [3.8, 4) is 0 Å². The molecule has 1 aromatic carbocycles. The first kappa shape index (κ1) is 17.4. The van der Waals surface area contributed by atoms with Crippen LogP contribution in [-0.4, -0.2) is 46.9 Å². The summed E-state index contributed by atoms with van der Waals surface area (Å²) in [5.74, 6) is 0.0132. The van der Waals surface area contributed by atoms with E-state index in [1.54, 1.807) is 5.38 Å². The number of hydrogen-bond donors (Lipinski definition) is 1. The van der Waals surface area contributed by atoms with Crippen molar-refractivity contribution in [3.63, 3.8) is 0 Å². The van der Waals surface area contributed by atoms with Gasteiger partial charge in [0.1, 0.15) is 10.7 Å². The van der Waals surface area contributed by atoms with Gasteiger partial charge in [0.05, 0.1) is 0 Å². The van der Waals surface area contributed by atoms with Crippen molar-refractivity contribution in [2.24, 2.45) is 5.73 Å². The van der Waals surface area contributed by atoms with Crippen LogP contribution in [0.25, 0.3) is 0 Å². The van der Waals surface area contributed by atoms with Gasteiger partial charge in [-0.25, -0.2) is 4.98 Å². The van der Waals surface area contributed by atoms with Crippen LogP contribution in [0.5, 0.6) is 0 Å². The number of carbonyl (C=O) groups excluding carboxylic acids is 1. The number of benzene rings is 1. The lowest BCUT2D eigenvalue weighted by atomic mass is 10.2. The number of carbonyl (C=O) groups is 1. The number of amides is 1. The minimum atomic E-state index is 0.0132. The van der Waals surface area contributed by atoms with Gasteiger partial charge >= 0.3 is 0 Å². The number of thiazole rings is 1. The molecule has 0 saturated carbocycles. The summed E-state index contributed by atoms with van der Waals surface area (Å²) in [5, 5.41) is 3.37. The third-order valence-electron chi connectivity index (χ3n) is 4.14. The summed E-state index contributed by atoms with van der Waals surface area (Å²) in [4.78, 5) is 21.2. The zero-order chi connectivity index (χ0) is 16.9. The third kappa shape index (κ3) is 4.33. The lowest BCUT2D eigenvalue weighted by Gasteiger charge is -2.21. The summed E-state index contributed by atoms with van der Waals surface area (Å²) in [6.45, 7) is 4.60. The number of nitrogens with two attached hydrogens (primary N) is 1. The van der Waals surface area contributed by atoms with E-state index >= 15 is 0 Å². The Kier molecular flexibility index (Phi) is 5.84. The van der Waals surface area contributed by atoms with Crippen LogP contribution in [0.1, 0.15) is 27.5 Å². The van der Waals surface area contributed by atoms with Gasteiger partial charge in [-0.3, -0.25) is 9.69 Å². The number of hydrogen-bond acceptors (Lipinski definition) is 5. The average Bonchev–Trinajstić information content (AvgIpc) is 2.96. The second-order valence-corrected chi connectivity index (χ2v) is 7.26. The molecule has 7 heteroatoms. The van der Waals surface area contributed by atoms with Crippen molar-refractivity contribution >= 4 is 28.8 Å². The average molecular weight is 365 g/mol. The lowest BCUT2D eigenvalue weighted by molar-refractivity contribution is 0.0756. The maximum Gasteiger partial charge on any atom is 0.273 e. The van der Waals surface area contributed by atoms with Crippen LogP contribution >= 0.6 is 22.9 Å². The van der Waals surface area contributed by atoms with Gasteiger partial charge in [-0.15, -0.1) is 11.3 Å². The van der Waals surface area contributed by atoms with Gasteiger partial charge in [0.2, 0.25) is 0 Å². The normalized spacial score (nSPS) is 16.2. The van der Waals surface area contributed by atoms with Crippen LogP contribution in [0.4, 0.5) is 0 Å². The van der Waals surface area contributed by atoms with Crippen LogP contribution in [0.3, 0.4) is 0 Å². The summed E-state index contributed by atoms with van der Waals surface area (Å²) in [6, 6.07) is 7.95. The molecule has 5 nitrogen and oxygen atoms in total. The van der Waals surface area contributed by atoms with Gasteiger partial charge in [0, 0.05) is 49.7 Å². The molecule has 0 spiro atoms. The number of rotatable bonds is 4. The van der Waals surface area contributed by atoms with Gasteiger partial charge in [0.25, 0.3) is 5.91 Å². The molecule has 2 heterocycles. The van der Waals surface area contributed by atoms with E-state index in [4.69, 9.17) is 17.3 Å². The Hall–Kier alpha value is -1.47. The highest BCUT2D eigenvalue weighted by Gasteiger charge is 2.22. The Labute approximate surface area is 151 Å². The Morgan fingerprint density at radius 1 is 1.21 bits per heavy atom. The molecule has 0 unspecified atom stereocenters. The van der Waals surface area contributed by atoms with E-state index in [1.165, 1.54) is 16.9 Å². The van der Waals surface area contributed by atoms with Crippen LogP contribution in [0, 0.1) is 0 Å². The summed E-state index contributed by atoms with van der Waals surface area (Å²) in [6.07, 6.45) is 0.965. The van der Waals surface area contributed by atoms with Gasteiger partial charge < -0.3 is 10.6 Å². The summed E-state index contributed by atoms with van der Waals surface area (Å²) in [7, 11) is 0. The van der Waals surface area contributed by atoms with Gasteiger partial charge in [-0.05, 0) is 24.1 Å². The van der Waals surface area contributed by atoms with Crippen LogP contribution in [-0.2, 0) is 13.1 Å². The molecule has 3 rings (SSSR count). The van der Waals surface area contributed by atoms with E-state index in [0.29, 0.717) is 12.2 Å². The van der Waals surface area contributed by atoms with E-state index < -0.39 is 0 Å². The molecular formula is C17H21ClN4OS. The second kappa shape index (κ2) is 8.07. The molecule has 0 aliphatic carbocycles. The summed E-state index contributed by atoms with van der Waals surface area (Å²) < 4.78 is 0. The lowest BCUT2D eigenvalue weighted by Crippen LogP contribution is -2.35. The van der Waals surface area contributed by atoms with Crippen LogP contribution in [0.2, 0.25) is 5.02 Å². The first-order valence-electron chi connectivity index (χ1n) is 8.06. The molecule has 1 aliphatic rings. The van der Waals surface area contributed by atoms with Crippen molar-refractivity contribution in [1.29, 1.82) is 0 Å². The Morgan fingerprint density at radius 2 is 2.00 bits per heavy atom. The second-order valence-electron chi connectivity index (χ2n) is 5.88. The van der Waals surface area contributed by atoms with Crippen molar-refractivity contribution in [3.05, 3.63) is 50.9 Å². The molecule has 1 saturated heterocycles.